The molecule has 92 valence electrons. The standard InChI is InChI=1S/C7H6F2.C5H8N2O/c1-5-2-6(8)4-7(9)3-5;6-4-2-1-3-5(8)7-4/h2-4H,1H3;1-3H2,(H2,6,7,8). The van der Waals surface area contributed by atoms with Gasteiger partial charge in [0.2, 0.25) is 5.91 Å². The Bertz CT molecular complexity index is 394. The summed E-state index contributed by atoms with van der Waals surface area (Å²) >= 11 is 0. The number of amides is 1. The lowest BCUT2D eigenvalue weighted by atomic mass is 10.2. The molecule has 0 unspecified atom stereocenters. The van der Waals surface area contributed by atoms with Crippen LogP contribution < -0.4 is 5.73 Å². The number of carbonyl (C=O) groups is 1. The van der Waals surface area contributed by atoms with Crippen LogP contribution in [0.25, 0.3) is 0 Å². The molecule has 0 fully saturated rings. The molecule has 17 heavy (non-hydrogen) atoms. The van der Waals surface area contributed by atoms with E-state index in [1.807, 2.05) is 0 Å². The lowest BCUT2D eigenvalue weighted by Crippen LogP contribution is -2.18. The van der Waals surface area contributed by atoms with Gasteiger partial charge < -0.3 is 5.73 Å². The van der Waals surface area contributed by atoms with Crippen molar-refractivity contribution >= 4 is 11.7 Å². The highest BCUT2D eigenvalue weighted by Crippen LogP contribution is 2.05. The Labute approximate surface area is 98.3 Å². The largest absolute Gasteiger partial charge is 0.387 e. The van der Waals surface area contributed by atoms with Crippen molar-refractivity contribution in [2.24, 2.45) is 10.7 Å². The molecular weight excluding hydrogens is 226 g/mol. The molecule has 5 heteroatoms. The van der Waals surface area contributed by atoms with Crippen molar-refractivity contribution < 1.29 is 13.6 Å². The molecule has 0 saturated heterocycles. The predicted octanol–water partition coefficient (Wildman–Crippen LogP) is 2.33. The Hall–Kier alpha value is -1.78. The molecule has 1 heterocycles. The fourth-order valence-electron chi connectivity index (χ4n) is 1.38. The lowest BCUT2D eigenvalue weighted by Gasteiger charge is -2.03. The minimum atomic E-state index is -0.521. The van der Waals surface area contributed by atoms with E-state index in [0.717, 1.165) is 18.9 Å². The van der Waals surface area contributed by atoms with Crippen LogP contribution in [0, 0.1) is 18.6 Å². The van der Waals surface area contributed by atoms with E-state index in [1.165, 1.54) is 12.1 Å². The summed E-state index contributed by atoms with van der Waals surface area (Å²) in [6, 6.07) is 3.42. The summed E-state index contributed by atoms with van der Waals surface area (Å²) in [5.74, 6) is -0.630. The molecule has 0 atom stereocenters. The Morgan fingerprint density at radius 1 is 1.18 bits per heavy atom. The highest BCUT2D eigenvalue weighted by atomic mass is 19.1. The van der Waals surface area contributed by atoms with Crippen LogP contribution in [0.1, 0.15) is 24.8 Å². The van der Waals surface area contributed by atoms with Gasteiger partial charge in [-0.25, -0.2) is 13.8 Å². The zero-order valence-electron chi connectivity index (χ0n) is 9.54. The quantitative estimate of drug-likeness (QED) is 0.756. The van der Waals surface area contributed by atoms with Gasteiger partial charge in [0.15, 0.2) is 0 Å². The van der Waals surface area contributed by atoms with Gasteiger partial charge in [0, 0.05) is 18.9 Å². The number of benzene rings is 1. The maximum atomic E-state index is 12.2. The molecule has 3 nitrogen and oxygen atoms in total. The van der Waals surface area contributed by atoms with Gasteiger partial charge in [-0.1, -0.05) is 0 Å². The monoisotopic (exact) mass is 240 g/mol. The van der Waals surface area contributed by atoms with E-state index in [1.54, 1.807) is 6.92 Å². The van der Waals surface area contributed by atoms with E-state index in [9.17, 15) is 13.6 Å². The number of hydrogen-bond donors (Lipinski definition) is 1. The fraction of sp³-hybridized carbons (Fsp3) is 0.333. The second-order valence-corrected chi connectivity index (χ2v) is 3.80. The van der Waals surface area contributed by atoms with Crippen molar-refractivity contribution in [3.63, 3.8) is 0 Å². The number of nitrogens with two attached hydrogens (primary N) is 1. The maximum absolute atomic E-state index is 12.2. The number of aryl methyl sites for hydroxylation is 1. The van der Waals surface area contributed by atoms with Crippen LogP contribution in [0.3, 0.4) is 0 Å². The van der Waals surface area contributed by atoms with Gasteiger partial charge in [-0.05, 0) is 31.0 Å². The summed E-state index contributed by atoms with van der Waals surface area (Å²) in [6.07, 6.45) is 2.22. The molecule has 0 spiro atoms. The Kier molecular flexibility index (Phi) is 4.75. The topological polar surface area (TPSA) is 55.4 Å². The van der Waals surface area contributed by atoms with Gasteiger partial charge in [-0.3, -0.25) is 4.79 Å². The molecule has 1 aliphatic rings. The van der Waals surface area contributed by atoms with Gasteiger partial charge in [0.25, 0.3) is 0 Å². The molecule has 1 amide bonds. The fourth-order valence-corrected chi connectivity index (χ4v) is 1.38. The zero-order valence-corrected chi connectivity index (χ0v) is 9.54. The van der Waals surface area contributed by atoms with E-state index in [2.05, 4.69) is 4.99 Å². The van der Waals surface area contributed by atoms with Crippen LogP contribution in [0.5, 0.6) is 0 Å². The Morgan fingerprint density at radius 3 is 2.12 bits per heavy atom. The van der Waals surface area contributed by atoms with Crippen molar-refractivity contribution in [3.8, 4) is 0 Å². The summed E-state index contributed by atoms with van der Waals surface area (Å²) in [4.78, 5) is 13.9. The summed E-state index contributed by atoms with van der Waals surface area (Å²) in [6.45, 7) is 1.64. The molecule has 0 aliphatic carbocycles. The van der Waals surface area contributed by atoms with E-state index in [4.69, 9.17) is 5.73 Å². The average Bonchev–Trinajstić information content (AvgIpc) is 2.15. The third kappa shape index (κ3) is 5.19. The number of carbonyl (C=O) groups excluding carboxylic acids is 1. The normalized spacial score (nSPS) is 14.8. The van der Waals surface area contributed by atoms with Crippen LogP contribution in [-0.2, 0) is 4.79 Å². The molecule has 0 bridgehead atoms. The summed E-state index contributed by atoms with van der Waals surface area (Å²) in [5, 5.41) is 0. The third-order valence-corrected chi connectivity index (χ3v) is 2.10. The van der Waals surface area contributed by atoms with Gasteiger partial charge in [0.05, 0.1) is 0 Å². The van der Waals surface area contributed by atoms with Crippen LogP contribution >= 0.6 is 0 Å². The molecule has 0 saturated carbocycles. The molecular formula is C12H14F2N2O. The first-order valence-corrected chi connectivity index (χ1v) is 5.26. The van der Waals surface area contributed by atoms with Crippen LogP contribution in [-0.4, -0.2) is 11.7 Å². The third-order valence-electron chi connectivity index (χ3n) is 2.10. The molecule has 2 N–H and O–H groups in total. The first kappa shape index (κ1) is 13.3. The average molecular weight is 240 g/mol. The second-order valence-electron chi connectivity index (χ2n) is 3.80. The highest BCUT2D eigenvalue weighted by Gasteiger charge is 2.06. The van der Waals surface area contributed by atoms with Gasteiger partial charge in [-0.2, -0.15) is 0 Å². The SMILES string of the molecule is Cc1cc(F)cc(F)c1.NC1=NC(=O)CCC1. The van der Waals surface area contributed by atoms with Gasteiger partial charge >= 0.3 is 0 Å². The molecule has 2 rings (SSSR count). The van der Waals surface area contributed by atoms with Crippen LogP contribution in [0.2, 0.25) is 0 Å². The lowest BCUT2D eigenvalue weighted by molar-refractivity contribution is -0.118. The smallest absolute Gasteiger partial charge is 0.247 e. The number of rotatable bonds is 0. The van der Waals surface area contributed by atoms with E-state index in [0.29, 0.717) is 17.8 Å². The van der Waals surface area contributed by atoms with E-state index in [-0.39, 0.29) is 5.91 Å². The molecule has 1 aromatic rings. The van der Waals surface area contributed by atoms with Crippen molar-refractivity contribution in [1.82, 2.24) is 0 Å². The summed E-state index contributed by atoms with van der Waals surface area (Å²) in [5.41, 5.74) is 5.86. The Balaban J connectivity index is 0.000000171. The van der Waals surface area contributed by atoms with Crippen molar-refractivity contribution in [2.75, 3.05) is 0 Å². The molecule has 1 aliphatic heterocycles. The minimum absolute atomic E-state index is 0.0752. The highest BCUT2D eigenvalue weighted by molar-refractivity contribution is 5.95. The number of amidine groups is 1. The van der Waals surface area contributed by atoms with E-state index < -0.39 is 11.6 Å². The summed E-state index contributed by atoms with van der Waals surface area (Å²) in [7, 11) is 0. The summed E-state index contributed by atoms with van der Waals surface area (Å²) < 4.78 is 24.4. The molecule has 1 aromatic carbocycles. The van der Waals surface area contributed by atoms with Crippen molar-refractivity contribution in [1.29, 1.82) is 0 Å². The second kappa shape index (κ2) is 6.08. The Morgan fingerprint density at radius 2 is 1.76 bits per heavy atom. The number of nitrogens with zero attached hydrogens (tertiary/aromatic N) is 1. The predicted molar refractivity (Wildman–Crippen MR) is 61.6 cm³/mol. The minimum Gasteiger partial charge on any atom is -0.387 e. The van der Waals surface area contributed by atoms with Crippen molar-refractivity contribution in [3.05, 3.63) is 35.4 Å². The van der Waals surface area contributed by atoms with Crippen LogP contribution in [0.4, 0.5) is 8.78 Å². The molecule has 0 aromatic heterocycles. The number of hydrogen-bond acceptors (Lipinski definition) is 2. The number of aliphatic imine (C=N–C) groups is 1. The maximum Gasteiger partial charge on any atom is 0.247 e. The zero-order chi connectivity index (χ0) is 12.8. The van der Waals surface area contributed by atoms with E-state index >= 15 is 0 Å². The first-order chi connectivity index (χ1) is 7.97. The van der Waals surface area contributed by atoms with Gasteiger partial charge in [0.1, 0.15) is 17.5 Å². The van der Waals surface area contributed by atoms with Crippen molar-refractivity contribution in [2.45, 2.75) is 26.2 Å². The number of halogens is 2. The van der Waals surface area contributed by atoms with Crippen LogP contribution in [0.15, 0.2) is 23.2 Å². The molecule has 0 radical (unpaired) electrons. The first-order valence-electron chi connectivity index (χ1n) is 5.26. The van der Waals surface area contributed by atoms with Gasteiger partial charge in [-0.15, -0.1) is 0 Å².